The number of phosphoric acid groups is 2. The number of allylic oxidation sites excluding steroid dienone is 16. The summed E-state index contributed by atoms with van der Waals surface area (Å²) >= 11 is 0. The van der Waals surface area contributed by atoms with Crippen molar-refractivity contribution >= 4 is 33.6 Å². The van der Waals surface area contributed by atoms with Crippen LogP contribution in [0, 0.1) is 0 Å². The topological polar surface area (TPSA) is 231 Å². The standard InChI is InChI=1S/C81H144O16P2/c1-4-7-10-13-16-19-22-24-26-28-30-31-32-33-34-35-36-37-38-39-40-41-42-43-45-47-48-50-53-55-58-61-64-67-79(84)91-70-76(82)71-93-98(87,88)94-72-77(83)73-95-99(89,90)96-75-78(97-81(86)69-66-63-60-57-52-21-18-15-12-9-6-3)74-92-80(85)68-65-62-59-56-54-51-49-46-44-29-27-25-23-20-17-14-11-8-5-2/h7,10,16-17,19-20,24-27,30-31,33-34,44,46,76-78,82-83H,4-6,8-9,11-15,18,21-23,28-29,32,35-43,45,47-75H2,1-3H3,(H,87,88)(H,89,90)/b10-7-,19-16-,20-17-,26-24-,27-25-,31-30-,34-33-,46-44-. The van der Waals surface area contributed by atoms with Crippen LogP contribution >= 0.6 is 15.6 Å². The van der Waals surface area contributed by atoms with Crippen LogP contribution in [0.4, 0.5) is 0 Å². The summed E-state index contributed by atoms with van der Waals surface area (Å²) in [4.78, 5) is 58.5. The molecule has 0 rings (SSSR count). The van der Waals surface area contributed by atoms with Crippen molar-refractivity contribution in [2.75, 3.05) is 39.6 Å². The summed E-state index contributed by atoms with van der Waals surface area (Å²) < 4.78 is 61.0. The summed E-state index contributed by atoms with van der Waals surface area (Å²) in [6, 6.07) is 0. The average molecular weight is 1440 g/mol. The Morgan fingerprint density at radius 3 is 0.869 bits per heavy atom. The second kappa shape index (κ2) is 74.2. The molecule has 0 aliphatic carbocycles. The van der Waals surface area contributed by atoms with E-state index in [-0.39, 0.29) is 19.3 Å². The molecule has 4 N–H and O–H groups in total. The predicted octanol–water partition coefficient (Wildman–Crippen LogP) is 23.0. The summed E-state index contributed by atoms with van der Waals surface area (Å²) in [5.74, 6) is -1.57. The van der Waals surface area contributed by atoms with Crippen molar-refractivity contribution in [3.63, 3.8) is 0 Å². The van der Waals surface area contributed by atoms with Crippen LogP contribution in [0.2, 0.25) is 0 Å². The van der Waals surface area contributed by atoms with Crippen molar-refractivity contribution in [2.45, 2.75) is 360 Å². The van der Waals surface area contributed by atoms with Crippen LogP contribution < -0.4 is 0 Å². The third kappa shape index (κ3) is 75.5. The summed E-state index contributed by atoms with van der Waals surface area (Å²) in [6.07, 6.45) is 84.8. The molecule has 0 aliphatic rings. The van der Waals surface area contributed by atoms with E-state index in [9.17, 15) is 43.5 Å². The molecule has 16 nitrogen and oxygen atoms in total. The number of aliphatic hydroxyl groups excluding tert-OH is 2. The van der Waals surface area contributed by atoms with Crippen molar-refractivity contribution in [1.29, 1.82) is 0 Å². The Hall–Kier alpha value is -3.53. The Labute approximate surface area is 603 Å². The van der Waals surface area contributed by atoms with Crippen LogP contribution in [0.25, 0.3) is 0 Å². The molecule has 0 heterocycles. The molecule has 0 fully saturated rings. The van der Waals surface area contributed by atoms with Gasteiger partial charge in [-0.3, -0.25) is 32.5 Å². The van der Waals surface area contributed by atoms with Gasteiger partial charge in [-0.05, 0) is 103 Å². The van der Waals surface area contributed by atoms with Crippen molar-refractivity contribution in [3.8, 4) is 0 Å². The molecule has 574 valence electrons. The van der Waals surface area contributed by atoms with Crippen LogP contribution in [0.5, 0.6) is 0 Å². The molecule has 18 heteroatoms. The van der Waals surface area contributed by atoms with E-state index in [1.807, 2.05) is 0 Å². The fourth-order valence-electron chi connectivity index (χ4n) is 10.8. The number of aliphatic hydroxyl groups is 2. The number of phosphoric ester groups is 2. The highest BCUT2D eigenvalue weighted by Gasteiger charge is 2.29. The van der Waals surface area contributed by atoms with Gasteiger partial charge >= 0.3 is 33.6 Å². The molecule has 0 aromatic heterocycles. The van der Waals surface area contributed by atoms with Crippen LogP contribution in [0.15, 0.2) is 97.2 Å². The first kappa shape index (κ1) is 95.5. The smallest absolute Gasteiger partial charge is 0.463 e. The van der Waals surface area contributed by atoms with Gasteiger partial charge in [-0.15, -0.1) is 0 Å². The minimum atomic E-state index is -4.92. The summed E-state index contributed by atoms with van der Waals surface area (Å²) in [7, 11) is -9.77. The summed E-state index contributed by atoms with van der Waals surface area (Å²) in [5, 5.41) is 20.6. The fourth-order valence-corrected chi connectivity index (χ4v) is 12.4. The van der Waals surface area contributed by atoms with Crippen LogP contribution in [0.1, 0.15) is 342 Å². The van der Waals surface area contributed by atoms with Gasteiger partial charge < -0.3 is 34.2 Å². The number of carbonyl (C=O) groups is 3. The molecule has 0 aromatic rings. The minimum Gasteiger partial charge on any atom is -0.463 e. The Morgan fingerprint density at radius 2 is 0.535 bits per heavy atom. The van der Waals surface area contributed by atoms with E-state index in [1.54, 1.807) is 0 Å². The number of unbranched alkanes of at least 4 members (excludes halogenated alkanes) is 36. The number of rotatable bonds is 75. The Balaban J connectivity index is 4.35. The largest absolute Gasteiger partial charge is 0.472 e. The maximum Gasteiger partial charge on any atom is 0.472 e. The van der Waals surface area contributed by atoms with E-state index in [4.69, 9.17) is 32.3 Å². The van der Waals surface area contributed by atoms with Crippen molar-refractivity contribution < 1.29 is 75.8 Å². The molecule has 0 spiro atoms. The summed E-state index contributed by atoms with van der Waals surface area (Å²) in [6.45, 7) is 2.55. The Bertz CT molecular complexity index is 2190. The zero-order valence-corrected chi connectivity index (χ0v) is 64.4. The van der Waals surface area contributed by atoms with Gasteiger partial charge in [0, 0.05) is 19.3 Å². The molecule has 0 aliphatic heterocycles. The molecule has 0 radical (unpaired) electrons. The molecule has 5 unspecified atom stereocenters. The van der Waals surface area contributed by atoms with Gasteiger partial charge in [0.15, 0.2) is 6.10 Å². The van der Waals surface area contributed by atoms with Crippen LogP contribution in [-0.4, -0.2) is 95.9 Å². The highest BCUT2D eigenvalue weighted by Crippen LogP contribution is 2.45. The lowest BCUT2D eigenvalue weighted by Gasteiger charge is -2.21. The van der Waals surface area contributed by atoms with Crippen molar-refractivity contribution in [1.82, 2.24) is 0 Å². The normalized spacial score (nSPS) is 14.5. The molecule has 0 aromatic carbocycles. The second-order valence-corrected chi connectivity index (χ2v) is 29.4. The van der Waals surface area contributed by atoms with Gasteiger partial charge in [-0.1, -0.05) is 317 Å². The molecular weight excluding hydrogens is 1290 g/mol. The zero-order chi connectivity index (χ0) is 72.3. The first-order valence-corrected chi connectivity index (χ1v) is 42.5. The third-order valence-corrected chi connectivity index (χ3v) is 18.7. The molecule has 0 saturated heterocycles. The van der Waals surface area contributed by atoms with Gasteiger partial charge in [0.05, 0.1) is 26.4 Å². The third-order valence-electron chi connectivity index (χ3n) is 16.8. The first-order valence-electron chi connectivity index (χ1n) is 39.5. The number of esters is 3. The number of hydrogen-bond acceptors (Lipinski definition) is 14. The second-order valence-electron chi connectivity index (χ2n) is 26.5. The first-order chi connectivity index (χ1) is 48.2. The zero-order valence-electron chi connectivity index (χ0n) is 62.6. The van der Waals surface area contributed by atoms with E-state index in [0.717, 1.165) is 135 Å². The summed E-state index contributed by atoms with van der Waals surface area (Å²) in [5.41, 5.74) is 0. The van der Waals surface area contributed by atoms with Gasteiger partial charge in [0.2, 0.25) is 0 Å². The van der Waals surface area contributed by atoms with E-state index < -0.39 is 91.5 Å². The molecule has 0 bridgehead atoms. The van der Waals surface area contributed by atoms with Crippen molar-refractivity contribution in [3.05, 3.63) is 97.2 Å². The SMILES string of the molecule is CC/C=C\C/C=C\C/C=C\C/C=C\C/C=C\CCCCCCCCCCCCCCCCCCCC(=O)OCC(O)COP(=O)(O)OCC(O)COP(=O)(O)OCC(COC(=O)CCCCCCCC/C=C\C/C=C\C/C=C\CCCCC)OC(=O)CCCCCCCCCCCCC. The highest BCUT2D eigenvalue weighted by atomic mass is 31.2. The Morgan fingerprint density at radius 1 is 0.293 bits per heavy atom. The van der Waals surface area contributed by atoms with E-state index in [1.165, 1.54) is 148 Å². The van der Waals surface area contributed by atoms with Gasteiger partial charge in [0.25, 0.3) is 0 Å². The fraction of sp³-hybridized carbons (Fsp3) is 0.765. The predicted molar refractivity (Wildman–Crippen MR) is 408 cm³/mol. The lowest BCUT2D eigenvalue weighted by atomic mass is 10.0. The Kier molecular flexibility index (Phi) is 71.6. The number of hydrogen-bond donors (Lipinski definition) is 4. The average Bonchev–Trinajstić information content (AvgIpc) is 1.28. The van der Waals surface area contributed by atoms with Crippen molar-refractivity contribution in [2.24, 2.45) is 0 Å². The maximum atomic E-state index is 12.9. The lowest BCUT2D eigenvalue weighted by Crippen LogP contribution is -2.30. The van der Waals surface area contributed by atoms with Gasteiger partial charge in [-0.25, -0.2) is 9.13 Å². The van der Waals surface area contributed by atoms with E-state index in [0.29, 0.717) is 19.3 Å². The number of ether oxygens (including phenoxy) is 3. The molecule has 0 amide bonds. The van der Waals surface area contributed by atoms with Crippen LogP contribution in [0.3, 0.4) is 0 Å². The highest BCUT2D eigenvalue weighted by molar-refractivity contribution is 7.47. The maximum absolute atomic E-state index is 12.9. The monoisotopic (exact) mass is 1430 g/mol. The van der Waals surface area contributed by atoms with E-state index >= 15 is 0 Å². The molecular formula is C81H144O16P2. The minimum absolute atomic E-state index is 0.105. The van der Waals surface area contributed by atoms with Crippen LogP contribution in [-0.2, 0) is 55.8 Å². The van der Waals surface area contributed by atoms with Gasteiger partial charge in [0.1, 0.15) is 25.4 Å². The molecule has 5 atom stereocenters. The molecule has 99 heavy (non-hydrogen) atoms. The van der Waals surface area contributed by atoms with E-state index in [2.05, 4.69) is 118 Å². The lowest BCUT2D eigenvalue weighted by molar-refractivity contribution is -0.161. The quantitative estimate of drug-likeness (QED) is 0.0146. The van der Waals surface area contributed by atoms with Gasteiger partial charge in [-0.2, -0.15) is 0 Å². The number of carbonyl (C=O) groups excluding carboxylic acids is 3. The molecule has 0 saturated carbocycles.